The van der Waals surface area contributed by atoms with E-state index in [0.29, 0.717) is 11.0 Å². The molecule has 0 atom stereocenters. The van der Waals surface area contributed by atoms with E-state index in [4.69, 9.17) is 0 Å². The standard InChI is InChI=1S/C8H6N2O2S/c11-13(12)6-1-2-7-8(5-6)10-4-3-9-7/h1-5,13H. The number of thiol groups is 1. The van der Waals surface area contributed by atoms with E-state index < -0.39 is 10.7 Å². The van der Waals surface area contributed by atoms with E-state index in [2.05, 4.69) is 9.97 Å². The van der Waals surface area contributed by atoms with Gasteiger partial charge in [0.05, 0.1) is 15.9 Å². The average molecular weight is 194 g/mol. The zero-order valence-electron chi connectivity index (χ0n) is 6.54. The Bertz CT molecular complexity index is 514. The highest BCUT2D eigenvalue weighted by Crippen LogP contribution is 2.11. The van der Waals surface area contributed by atoms with E-state index in [1.165, 1.54) is 18.3 Å². The monoisotopic (exact) mass is 194 g/mol. The highest BCUT2D eigenvalue weighted by Gasteiger charge is 1.98. The summed E-state index contributed by atoms with van der Waals surface area (Å²) >= 11 is 0. The fourth-order valence-corrected chi connectivity index (χ4v) is 1.49. The van der Waals surface area contributed by atoms with Gasteiger partial charge in [-0.25, -0.2) is 8.42 Å². The van der Waals surface area contributed by atoms with Gasteiger partial charge in [0.2, 0.25) is 0 Å². The van der Waals surface area contributed by atoms with Crippen LogP contribution in [0.4, 0.5) is 0 Å². The zero-order valence-corrected chi connectivity index (χ0v) is 7.44. The van der Waals surface area contributed by atoms with Crippen molar-refractivity contribution in [3.8, 4) is 0 Å². The van der Waals surface area contributed by atoms with Gasteiger partial charge in [-0.3, -0.25) is 9.97 Å². The van der Waals surface area contributed by atoms with Crippen molar-refractivity contribution >= 4 is 21.7 Å². The minimum atomic E-state index is -2.54. The summed E-state index contributed by atoms with van der Waals surface area (Å²) in [6, 6.07) is 4.67. The summed E-state index contributed by atoms with van der Waals surface area (Å²) in [5.41, 5.74) is 1.29. The molecule has 0 spiro atoms. The SMILES string of the molecule is O=[SH](=O)c1ccc2nccnc2c1. The molecule has 0 saturated heterocycles. The molecule has 66 valence electrons. The summed E-state index contributed by atoms with van der Waals surface area (Å²) in [4.78, 5) is 8.28. The number of aromatic nitrogens is 2. The molecular formula is C8H6N2O2S. The van der Waals surface area contributed by atoms with Crippen LogP contribution >= 0.6 is 0 Å². The Morgan fingerprint density at radius 3 is 2.38 bits per heavy atom. The quantitative estimate of drug-likeness (QED) is 0.675. The van der Waals surface area contributed by atoms with Crippen molar-refractivity contribution < 1.29 is 8.42 Å². The molecule has 0 aliphatic rings. The molecule has 1 aromatic heterocycles. The van der Waals surface area contributed by atoms with Crippen molar-refractivity contribution in [3.63, 3.8) is 0 Å². The second-order valence-corrected chi connectivity index (χ2v) is 3.52. The molecule has 0 amide bonds. The lowest BCUT2D eigenvalue weighted by Crippen LogP contribution is -1.85. The van der Waals surface area contributed by atoms with Crippen LogP contribution in [0.15, 0.2) is 35.5 Å². The minimum Gasteiger partial charge on any atom is -0.253 e. The van der Waals surface area contributed by atoms with Gasteiger partial charge in [0.25, 0.3) is 0 Å². The Morgan fingerprint density at radius 2 is 1.69 bits per heavy atom. The van der Waals surface area contributed by atoms with Crippen LogP contribution in [0.2, 0.25) is 0 Å². The van der Waals surface area contributed by atoms with Crippen LogP contribution in [-0.2, 0) is 10.7 Å². The molecule has 2 aromatic rings. The fourth-order valence-electron chi connectivity index (χ4n) is 1.07. The van der Waals surface area contributed by atoms with Crippen molar-refractivity contribution in [1.29, 1.82) is 0 Å². The number of fused-ring (bicyclic) bond motifs is 1. The van der Waals surface area contributed by atoms with Crippen molar-refractivity contribution in [3.05, 3.63) is 30.6 Å². The van der Waals surface area contributed by atoms with Crippen molar-refractivity contribution in [2.75, 3.05) is 0 Å². The average Bonchev–Trinajstić information content (AvgIpc) is 2.17. The van der Waals surface area contributed by atoms with Crippen LogP contribution in [0.5, 0.6) is 0 Å². The van der Waals surface area contributed by atoms with Gasteiger partial charge in [0.1, 0.15) is 0 Å². The Labute approximate surface area is 76.2 Å². The van der Waals surface area contributed by atoms with Gasteiger partial charge in [-0.1, -0.05) is 0 Å². The molecular weight excluding hydrogens is 188 g/mol. The summed E-state index contributed by atoms with van der Waals surface area (Å²) in [5, 5.41) is 0. The van der Waals surface area contributed by atoms with Gasteiger partial charge in [0.15, 0.2) is 10.7 Å². The summed E-state index contributed by atoms with van der Waals surface area (Å²) in [6.07, 6.45) is 3.10. The third-order valence-electron chi connectivity index (χ3n) is 1.66. The molecule has 4 nitrogen and oxygen atoms in total. The summed E-state index contributed by atoms with van der Waals surface area (Å²) in [5.74, 6) is 0. The third kappa shape index (κ3) is 1.50. The fraction of sp³-hybridized carbons (Fsp3) is 0. The Morgan fingerprint density at radius 1 is 1.00 bits per heavy atom. The van der Waals surface area contributed by atoms with Gasteiger partial charge in [-0.05, 0) is 18.2 Å². The largest absolute Gasteiger partial charge is 0.253 e. The van der Waals surface area contributed by atoms with Crippen LogP contribution in [0.1, 0.15) is 0 Å². The number of nitrogens with zero attached hydrogens (tertiary/aromatic N) is 2. The van der Waals surface area contributed by atoms with Crippen molar-refractivity contribution in [1.82, 2.24) is 9.97 Å². The lowest BCUT2D eigenvalue weighted by atomic mass is 10.3. The predicted molar refractivity (Wildman–Crippen MR) is 48.1 cm³/mol. The Balaban J connectivity index is 2.76. The van der Waals surface area contributed by atoms with Crippen LogP contribution in [0.25, 0.3) is 11.0 Å². The van der Waals surface area contributed by atoms with Gasteiger partial charge < -0.3 is 0 Å². The highest BCUT2D eigenvalue weighted by atomic mass is 32.2. The van der Waals surface area contributed by atoms with Crippen LogP contribution in [0.3, 0.4) is 0 Å². The Kier molecular flexibility index (Phi) is 1.94. The smallest absolute Gasteiger partial charge is 0.168 e. The third-order valence-corrected chi connectivity index (χ3v) is 2.36. The molecule has 0 fully saturated rings. The molecule has 1 heterocycles. The first-order chi connectivity index (χ1) is 6.27. The van der Waals surface area contributed by atoms with Gasteiger partial charge in [-0.15, -0.1) is 0 Å². The molecule has 13 heavy (non-hydrogen) atoms. The van der Waals surface area contributed by atoms with Crippen LogP contribution in [-0.4, -0.2) is 18.4 Å². The van der Waals surface area contributed by atoms with Crippen molar-refractivity contribution in [2.24, 2.45) is 0 Å². The predicted octanol–water partition coefficient (Wildman–Crippen LogP) is 0.600. The second kappa shape index (κ2) is 3.10. The highest BCUT2D eigenvalue weighted by molar-refractivity contribution is 7.72. The van der Waals surface area contributed by atoms with E-state index >= 15 is 0 Å². The molecule has 0 aliphatic heterocycles. The first kappa shape index (κ1) is 8.12. The first-order valence-electron chi connectivity index (χ1n) is 3.62. The molecule has 2 rings (SSSR count). The maximum atomic E-state index is 10.6. The summed E-state index contributed by atoms with van der Waals surface area (Å²) < 4.78 is 21.3. The lowest BCUT2D eigenvalue weighted by molar-refractivity contribution is 0.614. The molecule has 0 aliphatic carbocycles. The summed E-state index contributed by atoms with van der Waals surface area (Å²) in [7, 11) is -2.54. The van der Waals surface area contributed by atoms with E-state index in [-0.39, 0.29) is 4.90 Å². The number of hydrogen-bond donors (Lipinski definition) is 1. The maximum Gasteiger partial charge on any atom is 0.168 e. The minimum absolute atomic E-state index is 0.267. The van der Waals surface area contributed by atoms with E-state index in [1.807, 2.05) is 0 Å². The molecule has 0 saturated carbocycles. The number of rotatable bonds is 1. The number of hydrogen-bond acceptors (Lipinski definition) is 4. The molecule has 0 N–H and O–H groups in total. The molecule has 0 bridgehead atoms. The van der Waals surface area contributed by atoms with E-state index in [0.717, 1.165) is 0 Å². The number of benzene rings is 1. The van der Waals surface area contributed by atoms with Crippen molar-refractivity contribution in [2.45, 2.75) is 4.90 Å². The zero-order chi connectivity index (χ0) is 9.26. The van der Waals surface area contributed by atoms with Gasteiger partial charge in [0, 0.05) is 12.4 Å². The van der Waals surface area contributed by atoms with E-state index in [9.17, 15) is 8.42 Å². The Hall–Kier alpha value is -1.49. The topological polar surface area (TPSA) is 59.9 Å². The summed E-state index contributed by atoms with van der Waals surface area (Å²) in [6.45, 7) is 0. The van der Waals surface area contributed by atoms with Gasteiger partial charge in [-0.2, -0.15) is 0 Å². The van der Waals surface area contributed by atoms with E-state index in [1.54, 1.807) is 12.3 Å². The van der Waals surface area contributed by atoms with Gasteiger partial charge >= 0.3 is 0 Å². The maximum absolute atomic E-state index is 10.6. The van der Waals surface area contributed by atoms with Crippen LogP contribution < -0.4 is 0 Å². The molecule has 0 radical (unpaired) electrons. The van der Waals surface area contributed by atoms with Crippen LogP contribution in [0, 0.1) is 0 Å². The molecule has 1 aromatic carbocycles. The lowest BCUT2D eigenvalue weighted by Gasteiger charge is -1.94. The normalized spacial score (nSPS) is 10.8. The first-order valence-corrected chi connectivity index (χ1v) is 4.80. The molecule has 5 heteroatoms. The molecule has 0 unspecified atom stereocenters. The second-order valence-electron chi connectivity index (χ2n) is 2.49.